The van der Waals surface area contributed by atoms with E-state index in [-0.39, 0.29) is 85.4 Å². The molecule has 2 aliphatic rings. The molecule has 0 amide bonds. The van der Waals surface area contributed by atoms with Gasteiger partial charge in [0.05, 0.1) is 21.4 Å². The summed E-state index contributed by atoms with van der Waals surface area (Å²) in [5.41, 5.74) is 4.78. The number of aryl methyl sites for hydroxylation is 2. The Balaban J connectivity index is 0.00000137. The Morgan fingerprint density at radius 1 is 0.940 bits per heavy atom. The number of thiazole rings is 2. The molecule has 0 spiro atoms. The van der Waals surface area contributed by atoms with Crippen molar-refractivity contribution in [2.24, 2.45) is 58.2 Å². The van der Waals surface area contributed by atoms with Crippen molar-refractivity contribution in [1.29, 1.82) is 0 Å². The van der Waals surface area contributed by atoms with E-state index in [0.717, 1.165) is 63.8 Å². The minimum absolute atomic E-state index is 0. The monoisotopic (exact) mass is 1310 g/mol. The van der Waals surface area contributed by atoms with Gasteiger partial charge < -0.3 is 23.3 Å². The van der Waals surface area contributed by atoms with Gasteiger partial charge >= 0.3 is 56.4 Å². The smallest absolute Gasteiger partial charge is 0.0829 e. The van der Waals surface area contributed by atoms with Crippen LogP contribution in [0.3, 0.4) is 0 Å². The van der Waals surface area contributed by atoms with E-state index >= 15 is 0 Å². The normalized spacial score (nSPS) is 23.1. The number of halogens is 2. The summed E-state index contributed by atoms with van der Waals surface area (Å²) in [6, 6.07) is 0. The SMILES string of the molecule is C=CC[C@H](C)[C@H](C)[C@@H](C)C(=O)C(C)(C)[C@@H](C)CC(=O)O[C@@H](C/C=C(\C=C)CC)/C(C)=C/c1csc(C)n1.CCC1=C/C[C@@H](/C(C)=C/c2csc(C)n2)OC(=O)C[C@H](C)C(C)(C)C(=O)[C@H](C)[C@@H](C)[C@@H](C)C\C=C\1.C[CH]=[Ru]([Cl])[Cl].[CH-]1CCCC1.[CH3-]. The molecule has 0 unspecified atom stereocenters. The van der Waals surface area contributed by atoms with Crippen molar-refractivity contribution in [1.82, 2.24) is 9.97 Å². The maximum Gasteiger partial charge on any atom is -0.0829 e. The van der Waals surface area contributed by atoms with Gasteiger partial charge in [0.1, 0.15) is 23.8 Å². The van der Waals surface area contributed by atoms with Crippen LogP contribution in [-0.4, -0.2) is 50.3 Å². The van der Waals surface area contributed by atoms with E-state index in [1.807, 2.05) is 130 Å². The van der Waals surface area contributed by atoms with Gasteiger partial charge in [-0.3, -0.25) is 19.2 Å². The molecule has 83 heavy (non-hydrogen) atoms. The molecule has 2 aromatic rings. The number of esters is 2. The Kier molecular flexibility index (Phi) is 39.5. The van der Waals surface area contributed by atoms with Crippen molar-refractivity contribution >= 4 is 82.3 Å². The van der Waals surface area contributed by atoms with Gasteiger partial charge in [0, 0.05) is 59.1 Å². The zero-order valence-corrected chi connectivity index (χ0v) is 59.8. The zero-order chi connectivity index (χ0) is 62.5. The fraction of sp³-hybridized carbons (Fsp3) is 0.614. The molecule has 1 fully saturated rings. The first-order valence-electron chi connectivity index (χ1n) is 30.0. The molecule has 1 aliphatic carbocycles. The standard InChI is InChI=1S/C32H49NO3S.C30H45NO3S.C5H9.C2H4.CH3.2ClH.Ru/c1-12-15-21(4)24(7)25(8)31(35)32(10,11)23(6)19-30(34)36-29(17-16-27(13-2)14-3)22(5)18-28-20-37-26(9)33-28;1-10-25-13-11-12-19(2)22(5)23(6)29(33)30(8,9)21(4)17-28(32)34-27(15-14-25)20(3)16-26-18-35-24(7)31-26;1-2-4-5-3-1;1-2;;;;/h12-13,16,18,20-21,23-25,29H,1-2,14-15,17,19H2,3-11H3;11,13-14,16,18-19,21-23,27H,10,12,15,17H2,1-9H3;1H,2-5H2;1H,2H3;1H3;2*1H;/q;;-1;;-1;;;+2/p-2/b22-18+,27-16+;13-11+,20-16+,25-14-;;;;;;/t21-,23-,24-,25+,29-;19-,21-,22-,23+,27-;;;;;;/m00....../s1. The number of carbonyl (C=O) groups excluding carboxylic acids is 4. The van der Waals surface area contributed by atoms with E-state index < -0.39 is 30.5 Å². The van der Waals surface area contributed by atoms with Crippen molar-refractivity contribution in [3.8, 4) is 0 Å². The molecule has 1 saturated carbocycles. The predicted molar refractivity (Wildman–Crippen MR) is 358 cm³/mol. The van der Waals surface area contributed by atoms with E-state index in [9.17, 15) is 19.2 Å². The van der Waals surface area contributed by atoms with Gasteiger partial charge in [-0.1, -0.05) is 164 Å². The topological polar surface area (TPSA) is 113 Å². The molecule has 10 atom stereocenters. The second-order valence-electron chi connectivity index (χ2n) is 24.0. The summed E-state index contributed by atoms with van der Waals surface area (Å²) >= 11 is 1.84. The number of ether oxygens (including phenoxy) is 2. The van der Waals surface area contributed by atoms with Gasteiger partial charge in [0.2, 0.25) is 0 Å². The van der Waals surface area contributed by atoms with E-state index in [0.29, 0.717) is 24.7 Å². The molecule has 3 heterocycles. The number of hydrogen-bond donors (Lipinski definition) is 0. The van der Waals surface area contributed by atoms with Crippen molar-refractivity contribution in [2.75, 3.05) is 0 Å². The van der Waals surface area contributed by atoms with Crippen LogP contribution in [-0.2, 0) is 42.2 Å². The van der Waals surface area contributed by atoms with Crippen molar-refractivity contribution in [3.05, 3.63) is 118 Å². The van der Waals surface area contributed by atoms with E-state index in [1.165, 1.54) is 31.3 Å². The second-order valence-corrected chi connectivity index (χ2v) is 32.4. The molecule has 0 radical (unpaired) electrons. The number of hydrogen-bond acceptors (Lipinski definition) is 10. The molecule has 2 aromatic heterocycles. The molecule has 0 bridgehead atoms. The van der Waals surface area contributed by atoms with Crippen LogP contribution in [0.15, 0.2) is 82.7 Å². The van der Waals surface area contributed by atoms with Gasteiger partial charge in [-0.2, -0.15) is 12.8 Å². The van der Waals surface area contributed by atoms with Crippen LogP contribution in [0.4, 0.5) is 0 Å². The molecule has 1 aliphatic heterocycles. The van der Waals surface area contributed by atoms with Gasteiger partial charge in [0.25, 0.3) is 0 Å². The summed E-state index contributed by atoms with van der Waals surface area (Å²) in [5.74, 6) is 0.719. The number of carbonyl (C=O) groups is 4. The number of nitrogens with zero attached hydrogens (tertiary/aromatic N) is 2. The number of allylic oxidation sites excluding steroid dienone is 6. The predicted octanol–water partition coefficient (Wildman–Crippen LogP) is 20.7. The number of aromatic nitrogens is 2. The Labute approximate surface area is 527 Å². The van der Waals surface area contributed by atoms with Crippen LogP contribution in [0.25, 0.3) is 12.2 Å². The van der Waals surface area contributed by atoms with Crippen molar-refractivity contribution in [3.63, 3.8) is 0 Å². The fourth-order valence-corrected chi connectivity index (χ4v) is 11.0. The minimum atomic E-state index is -1.36. The number of Topliss-reactive ketones (excluding diaryl/α,β-unsaturated/α-hetero) is 2. The zero-order valence-electron chi connectivity index (χ0n) is 54.9. The molecule has 472 valence electrons. The minimum Gasteiger partial charge on any atom is -0.358 e. The third-order valence-corrected chi connectivity index (χ3v) is 21.5. The number of rotatable bonds is 19. The van der Waals surface area contributed by atoms with Crippen LogP contribution in [0.5, 0.6) is 0 Å². The summed E-state index contributed by atoms with van der Waals surface area (Å²) in [6.07, 6.45) is 28.9. The fourth-order valence-electron chi connectivity index (χ4n) is 9.81. The molecule has 13 heteroatoms. The Morgan fingerprint density at radius 2 is 1.51 bits per heavy atom. The quantitative estimate of drug-likeness (QED) is 0.0449. The Hall–Kier alpha value is -3.21. The van der Waals surface area contributed by atoms with Crippen molar-refractivity contribution in [2.45, 2.75) is 221 Å². The molecule has 0 aromatic carbocycles. The third kappa shape index (κ3) is 28.9. The summed E-state index contributed by atoms with van der Waals surface area (Å²) < 4.78 is 13.9. The summed E-state index contributed by atoms with van der Waals surface area (Å²) in [6.45, 7) is 46.4. The number of cyclic esters (lactones) is 1. The summed E-state index contributed by atoms with van der Waals surface area (Å²) in [5, 5.41) is 6.03. The summed E-state index contributed by atoms with van der Waals surface area (Å²) in [7, 11) is 10.6. The molecular formula is C70H110Cl2N2O6RuS2-2. The average molecular weight is 1310 g/mol. The first-order chi connectivity index (χ1) is 38.4. The molecular weight excluding hydrogens is 1200 g/mol. The van der Waals surface area contributed by atoms with Gasteiger partial charge in [-0.15, -0.1) is 29.3 Å². The van der Waals surface area contributed by atoms with E-state index in [4.69, 9.17) is 28.9 Å². The Bertz CT molecular complexity index is 2500. The van der Waals surface area contributed by atoms with Crippen LogP contribution >= 0.6 is 42.1 Å². The molecule has 0 N–H and O–H groups in total. The maximum atomic E-state index is 13.5. The van der Waals surface area contributed by atoms with Crippen LogP contribution in [0.2, 0.25) is 0 Å². The van der Waals surface area contributed by atoms with Crippen molar-refractivity contribution < 1.29 is 42.2 Å². The van der Waals surface area contributed by atoms with Crippen LogP contribution in [0.1, 0.15) is 216 Å². The molecule has 8 nitrogen and oxygen atoms in total. The van der Waals surface area contributed by atoms with Crippen LogP contribution in [0, 0.1) is 85.9 Å². The van der Waals surface area contributed by atoms with Gasteiger partial charge in [0.15, 0.2) is 0 Å². The first-order valence-corrected chi connectivity index (χ1v) is 37.2. The van der Waals surface area contributed by atoms with Gasteiger partial charge in [-0.05, 0) is 112 Å². The van der Waals surface area contributed by atoms with Gasteiger partial charge in [-0.25, -0.2) is 9.97 Å². The third-order valence-electron chi connectivity index (χ3n) is 17.3. The van der Waals surface area contributed by atoms with E-state index in [2.05, 4.69) is 95.4 Å². The number of ketones is 2. The Morgan fingerprint density at radius 3 is 1.98 bits per heavy atom. The van der Waals surface area contributed by atoms with Crippen LogP contribution < -0.4 is 0 Å². The molecule has 0 saturated heterocycles. The van der Waals surface area contributed by atoms with E-state index in [1.54, 1.807) is 22.7 Å². The maximum absolute atomic E-state index is 13.5. The second kappa shape index (κ2) is 41.0. The molecule has 4 rings (SSSR count). The summed E-state index contributed by atoms with van der Waals surface area (Å²) in [4.78, 5) is 62.3. The average Bonchev–Trinajstić information content (AvgIpc) is 4.38. The largest absolute Gasteiger partial charge is 0.358 e. The first kappa shape index (κ1) is 79.8.